The summed E-state index contributed by atoms with van der Waals surface area (Å²) in [7, 11) is 0. The standard InChI is InChI=1S/C12H26O3/c1-9(2)10(3)8-12(5,14)15-7-6-11(4)13/h9-11,13-14H,6-8H2,1-5H3/t10-,11-,12?/m1/s1. The Morgan fingerprint density at radius 2 is 1.73 bits per heavy atom. The minimum atomic E-state index is -1.07. The first-order valence-electron chi connectivity index (χ1n) is 5.79. The lowest BCUT2D eigenvalue weighted by atomic mass is 9.91. The van der Waals surface area contributed by atoms with E-state index in [2.05, 4.69) is 20.8 Å². The second kappa shape index (κ2) is 6.46. The Bertz CT molecular complexity index is 164. The first-order chi connectivity index (χ1) is 6.74. The average Bonchev–Trinajstić information content (AvgIpc) is 2.01. The zero-order valence-corrected chi connectivity index (χ0v) is 10.7. The van der Waals surface area contributed by atoms with Crippen molar-refractivity contribution >= 4 is 0 Å². The van der Waals surface area contributed by atoms with Crippen LogP contribution in [0.2, 0.25) is 0 Å². The van der Waals surface area contributed by atoms with Gasteiger partial charge in [-0.05, 0) is 32.1 Å². The van der Waals surface area contributed by atoms with Crippen molar-refractivity contribution in [1.82, 2.24) is 0 Å². The van der Waals surface area contributed by atoms with Crippen LogP contribution in [-0.4, -0.2) is 28.7 Å². The van der Waals surface area contributed by atoms with Crippen LogP contribution >= 0.6 is 0 Å². The summed E-state index contributed by atoms with van der Waals surface area (Å²) in [4.78, 5) is 0. The van der Waals surface area contributed by atoms with Crippen molar-refractivity contribution in [1.29, 1.82) is 0 Å². The Hall–Kier alpha value is -0.120. The molecule has 3 nitrogen and oxygen atoms in total. The molecule has 2 N–H and O–H groups in total. The van der Waals surface area contributed by atoms with Crippen molar-refractivity contribution in [3.05, 3.63) is 0 Å². The molecule has 0 aromatic rings. The lowest BCUT2D eigenvalue weighted by Gasteiger charge is -2.28. The van der Waals surface area contributed by atoms with Gasteiger partial charge in [-0.2, -0.15) is 0 Å². The smallest absolute Gasteiger partial charge is 0.162 e. The van der Waals surface area contributed by atoms with Gasteiger partial charge in [0.25, 0.3) is 0 Å². The van der Waals surface area contributed by atoms with Crippen molar-refractivity contribution in [3.8, 4) is 0 Å². The van der Waals surface area contributed by atoms with Crippen LogP contribution in [0.3, 0.4) is 0 Å². The van der Waals surface area contributed by atoms with Gasteiger partial charge in [-0.1, -0.05) is 20.8 Å². The van der Waals surface area contributed by atoms with Crippen LogP contribution in [0, 0.1) is 11.8 Å². The summed E-state index contributed by atoms with van der Waals surface area (Å²) >= 11 is 0. The number of hydrogen-bond acceptors (Lipinski definition) is 3. The molecule has 92 valence electrons. The fourth-order valence-corrected chi connectivity index (χ4v) is 1.34. The fraction of sp³-hybridized carbons (Fsp3) is 1.00. The van der Waals surface area contributed by atoms with Gasteiger partial charge in [-0.3, -0.25) is 0 Å². The third-order valence-electron chi connectivity index (χ3n) is 2.79. The Kier molecular flexibility index (Phi) is 6.41. The van der Waals surface area contributed by atoms with Crippen LogP contribution in [0.25, 0.3) is 0 Å². The largest absolute Gasteiger partial charge is 0.393 e. The number of rotatable bonds is 7. The Morgan fingerprint density at radius 1 is 1.20 bits per heavy atom. The molecular formula is C12H26O3. The van der Waals surface area contributed by atoms with Gasteiger partial charge in [0.2, 0.25) is 0 Å². The summed E-state index contributed by atoms with van der Waals surface area (Å²) in [5, 5.41) is 19.0. The van der Waals surface area contributed by atoms with E-state index in [9.17, 15) is 5.11 Å². The van der Waals surface area contributed by atoms with Crippen molar-refractivity contribution in [2.75, 3.05) is 6.61 Å². The molecule has 0 saturated heterocycles. The second-order valence-corrected chi connectivity index (χ2v) is 5.09. The first kappa shape index (κ1) is 14.9. The van der Waals surface area contributed by atoms with E-state index < -0.39 is 5.79 Å². The maximum atomic E-state index is 9.94. The van der Waals surface area contributed by atoms with Crippen molar-refractivity contribution in [2.24, 2.45) is 11.8 Å². The van der Waals surface area contributed by atoms with Gasteiger partial charge >= 0.3 is 0 Å². The van der Waals surface area contributed by atoms with Gasteiger partial charge in [0.1, 0.15) is 0 Å². The average molecular weight is 218 g/mol. The lowest BCUT2D eigenvalue weighted by molar-refractivity contribution is -0.204. The SMILES string of the molecule is CC(C)[C@H](C)CC(C)(O)OCC[C@@H](C)O. The number of aliphatic hydroxyl groups is 2. The highest BCUT2D eigenvalue weighted by Crippen LogP contribution is 2.23. The minimum Gasteiger partial charge on any atom is -0.393 e. The molecule has 0 spiro atoms. The predicted molar refractivity (Wildman–Crippen MR) is 61.5 cm³/mol. The van der Waals surface area contributed by atoms with Crippen LogP contribution in [0.15, 0.2) is 0 Å². The highest BCUT2D eigenvalue weighted by atomic mass is 16.6. The highest BCUT2D eigenvalue weighted by Gasteiger charge is 2.25. The summed E-state index contributed by atoms with van der Waals surface area (Å²) in [6.45, 7) is 10.2. The highest BCUT2D eigenvalue weighted by molar-refractivity contribution is 4.68. The maximum Gasteiger partial charge on any atom is 0.162 e. The monoisotopic (exact) mass is 218 g/mol. The zero-order chi connectivity index (χ0) is 12.1. The third kappa shape index (κ3) is 7.77. The summed E-state index contributed by atoms with van der Waals surface area (Å²) in [5.74, 6) is -0.109. The topological polar surface area (TPSA) is 49.7 Å². The molecule has 0 saturated carbocycles. The first-order valence-corrected chi connectivity index (χ1v) is 5.79. The molecule has 0 aliphatic rings. The molecule has 3 atom stereocenters. The van der Waals surface area contributed by atoms with Crippen LogP contribution in [0.4, 0.5) is 0 Å². The van der Waals surface area contributed by atoms with Gasteiger partial charge in [-0.25, -0.2) is 0 Å². The molecule has 0 bridgehead atoms. The molecule has 0 rings (SSSR count). The molecule has 0 aromatic carbocycles. The lowest BCUT2D eigenvalue weighted by Crippen LogP contribution is -2.32. The number of aliphatic hydroxyl groups excluding tert-OH is 1. The summed E-state index contributed by atoms with van der Waals surface area (Å²) in [6.07, 6.45) is 0.819. The van der Waals surface area contributed by atoms with E-state index in [1.165, 1.54) is 0 Å². The molecule has 0 aliphatic carbocycles. The van der Waals surface area contributed by atoms with Gasteiger partial charge in [0.05, 0.1) is 12.7 Å². The van der Waals surface area contributed by atoms with Gasteiger partial charge in [-0.15, -0.1) is 0 Å². The van der Waals surface area contributed by atoms with Crippen molar-refractivity contribution in [3.63, 3.8) is 0 Å². The van der Waals surface area contributed by atoms with Crippen molar-refractivity contribution in [2.45, 2.75) is 59.4 Å². The summed E-state index contributed by atoms with van der Waals surface area (Å²) < 4.78 is 5.36. The molecule has 0 fully saturated rings. The molecule has 3 heteroatoms. The van der Waals surface area contributed by atoms with E-state index in [1.807, 2.05) is 0 Å². The number of ether oxygens (including phenoxy) is 1. The minimum absolute atomic E-state index is 0.372. The van der Waals surface area contributed by atoms with Crippen LogP contribution in [0.5, 0.6) is 0 Å². The van der Waals surface area contributed by atoms with E-state index in [0.717, 1.165) is 0 Å². The van der Waals surface area contributed by atoms with E-state index >= 15 is 0 Å². The van der Waals surface area contributed by atoms with Gasteiger partial charge < -0.3 is 14.9 Å². The Labute approximate surface area is 93.5 Å². The molecule has 1 unspecified atom stereocenters. The molecule has 0 radical (unpaired) electrons. The van der Waals surface area contributed by atoms with Crippen LogP contribution < -0.4 is 0 Å². The number of hydrogen-bond donors (Lipinski definition) is 2. The van der Waals surface area contributed by atoms with Crippen molar-refractivity contribution < 1.29 is 14.9 Å². The van der Waals surface area contributed by atoms with Gasteiger partial charge in [0.15, 0.2) is 5.79 Å². The van der Waals surface area contributed by atoms with E-state index in [1.54, 1.807) is 13.8 Å². The molecule has 0 amide bonds. The fourth-order valence-electron chi connectivity index (χ4n) is 1.34. The summed E-state index contributed by atoms with van der Waals surface area (Å²) in [5.41, 5.74) is 0. The quantitative estimate of drug-likeness (QED) is 0.644. The third-order valence-corrected chi connectivity index (χ3v) is 2.79. The molecule has 15 heavy (non-hydrogen) atoms. The maximum absolute atomic E-state index is 9.94. The molecule has 0 aliphatic heterocycles. The Balaban J connectivity index is 3.85. The van der Waals surface area contributed by atoms with E-state index in [-0.39, 0.29) is 6.10 Å². The molecule has 0 aromatic heterocycles. The van der Waals surface area contributed by atoms with Crippen LogP contribution in [-0.2, 0) is 4.74 Å². The second-order valence-electron chi connectivity index (χ2n) is 5.09. The van der Waals surface area contributed by atoms with Gasteiger partial charge in [0, 0.05) is 6.42 Å². The predicted octanol–water partition coefficient (Wildman–Crippen LogP) is 2.16. The van der Waals surface area contributed by atoms with Crippen LogP contribution in [0.1, 0.15) is 47.5 Å². The normalized spacial score (nSPS) is 20.0. The Morgan fingerprint density at radius 3 is 2.13 bits per heavy atom. The molecule has 0 heterocycles. The summed E-state index contributed by atoms with van der Waals surface area (Å²) in [6, 6.07) is 0. The zero-order valence-electron chi connectivity index (χ0n) is 10.7. The van der Waals surface area contributed by atoms with E-state index in [0.29, 0.717) is 31.3 Å². The molecular weight excluding hydrogens is 192 g/mol. The van der Waals surface area contributed by atoms with E-state index in [4.69, 9.17) is 9.84 Å².